The maximum absolute atomic E-state index is 15.0. The van der Waals surface area contributed by atoms with Gasteiger partial charge in [-0.1, -0.05) is 12.2 Å². The summed E-state index contributed by atoms with van der Waals surface area (Å²) in [5.41, 5.74) is 1.56. The quantitative estimate of drug-likeness (QED) is 0.903. The molecule has 6 nitrogen and oxygen atoms in total. The molecule has 1 unspecified atom stereocenters. The average Bonchev–Trinajstić information content (AvgIpc) is 2.95. The largest absolute Gasteiger partial charge is 0.467 e. The lowest BCUT2D eigenvalue weighted by atomic mass is 9.97. The van der Waals surface area contributed by atoms with Crippen LogP contribution in [0.2, 0.25) is 0 Å². The van der Waals surface area contributed by atoms with Gasteiger partial charge in [0.05, 0.1) is 12.8 Å². The molecule has 1 aliphatic carbocycles. The molecular formula is C13H13FN4O2. The Balaban J connectivity index is 2.23. The first kappa shape index (κ1) is 12.6. The molecule has 0 saturated heterocycles. The summed E-state index contributed by atoms with van der Waals surface area (Å²) < 4.78 is 26.4. The third kappa shape index (κ3) is 1.75. The highest BCUT2D eigenvalue weighted by molar-refractivity contribution is 5.71. The van der Waals surface area contributed by atoms with E-state index >= 15 is 4.39 Å². The van der Waals surface area contributed by atoms with Gasteiger partial charge < -0.3 is 14.8 Å². The number of ether oxygens (including phenoxy) is 2. The van der Waals surface area contributed by atoms with Gasteiger partial charge >= 0.3 is 6.01 Å². The van der Waals surface area contributed by atoms with Gasteiger partial charge in [-0.15, -0.1) is 0 Å². The fourth-order valence-corrected chi connectivity index (χ4v) is 2.18. The van der Waals surface area contributed by atoms with Crippen LogP contribution in [0.5, 0.6) is 6.01 Å². The second-order valence-corrected chi connectivity index (χ2v) is 4.19. The molecule has 0 amide bonds. The van der Waals surface area contributed by atoms with Crippen molar-refractivity contribution in [1.82, 2.24) is 20.1 Å². The van der Waals surface area contributed by atoms with Crippen molar-refractivity contribution < 1.29 is 13.9 Å². The molecule has 2 heterocycles. The fraction of sp³-hybridized carbons (Fsp3) is 0.231. The molecule has 0 saturated carbocycles. The molecule has 1 aromatic rings. The number of nitrogens with zero attached hydrogens (tertiary/aromatic N) is 3. The minimum Gasteiger partial charge on any atom is -0.467 e. The van der Waals surface area contributed by atoms with E-state index in [9.17, 15) is 0 Å². The van der Waals surface area contributed by atoms with Crippen molar-refractivity contribution in [2.45, 2.75) is 5.85 Å². The van der Waals surface area contributed by atoms with Crippen LogP contribution in [0.25, 0.3) is 5.70 Å². The molecule has 1 atom stereocenters. The third-order valence-electron chi connectivity index (χ3n) is 3.13. The van der Waals surface area contributed by atoms with Gasteiger partial charge in [-0.05, 0) is 17.7 Å². The SMILES string of the molecule is COc1ncnn1C1=C2NC=CC=C2C=CC1(F)OC. The zero-order valence-electron chi connectivity index (χ0n) is 11.0. The molecule has 7 heteroatoms. The number of hydrogen-bond acceptors (Lipinski definition) is 5. The minimum atomic E-state index is -2.12. The Bertz CT molecular complexity index is 659. The lowest BCUT2D eigenvalue weighted by Crippen LogP contribution is -2.35. The maximum Gasteiger partial charge on any atom is 0.319 e. The number of hydrogen-bond donors (Lipinski definition) is 1. The van der Waals surface area contributed by atoms with Gasteiger partial charge in [0, 0.05) is 13.3 Å². The highest BCUT2D eigenvalue weighted by Crippen LogP contribution is 2.39. The van der Waals surface area contributed by atoms with Crippen LogP contribution in [0, 0.1) is 0 Å². The number of methoxy groups -OCH3 is 2. The van der Waals surface area contributed by atoms with E-state index < -0.39 is 5.85 Å². The number of rotatable bonds is 3. The molecule has 104 valence electrons. The van der Waals surface area contributed by atoms with Crippen molar-refractivity contribution in [3.05, 3.63) is 48.1 Å². The Hall–Kier alpha value is -2.41. The summed E-state index contributed by atoms with van der Waals surface area (Å²) in [6.45, 7) is 0. The molecule has 0 fully saturated rings. The summed E-state index contributed by atoms with van der Waals surface area (Å²) in [4.78, 5) is 3.93. The van der Waals surface area contributed by atoms with E-state index in [4.69, 9.17) is 9.47 Å². The number of fused-ring (bicyclic) bond motifs is 1. The Labute approximate surface area is 114 Å². The molecule has 0 bridgehead atoms. The zero-order chi connectivity index (χ0) is 14.2. The maximum atomic E-state index is 15.0. The summed E-state index contributed by atoms with van der Waals surface area (Å²) in [7, 11) is 2.74. The lowest BCUT2D eigenvalue weighted by molar-refractivity contribution is -0.0344. The third-order valence-corrected chi connectivity index (χ3v) is 3.13. The number of aromatic nitrogens is 3. The van der Waals surface area contributed by atoms with Crippen LogP contribution in [0.1, 0.15) is 0 Å². The van der Waals surface area contributed by atoms with Crippen LogP contribution in [0.3, 0.4) is 0 Å². The first-order valence-corrected chi connectivity index (χ1v) is 5.96. The molecule has 20 heavy (non-hydrogen) atoms. The number of alkyl halides is 1. The van der Waals surface area contributed by atoms with Gasteiger partial charge in [0.15, 0.2) is 0 Å². The van der Waals surface area contributed by atoms with Crippen LogP contribution in [0.15, 0.2) is 48.1 Å². The molecule has 0 aromatic carbocycles. The lowest BCUT2D eigenvalue weighted by Gasteiger charge is -2.30. The number of dihydropyridines is 1. The van der Waals surface area contributed by atoms with Gasteiger partial charge in [0.25, 0.3) is 5.85 Å². The predicted octanol–water partition coefficient (Wildman–Crippen LogP) is 1.38. The first-order chi connectivity index (χ1) is 9.69. The van der Waals surface area contributed by atoms with E-state index in [1.807, 2.05) is 12.2 Å². The van der Waals surface area contributed by atoms with Crippen LogP contribution in [-0.4, -0.2) is 34.8 Å². The van der Waals surface area contributed by atoms with Gasteiger partial charge in [-0.3, -0.25) is 0 Å². The summed E-state index contributed by atoms with van der Waals surface area (Å²) in [6, 6.07) is 0.178. The standard InChI is InChI=1S/C13H13FN4O2/c1-19-12-16-8-17-18(12)11-10-9(4-3-7-15-10)5-6-13(11,14)20-2/h3-8,15H,1-2H3. The van der Waals surface area contributed by atoms with E-state index in [1.165, 1.54) is 31.3 Å². The summed E-state index contributed by atoms with van der Waals surface area (Å²) in [5, 5.41) is 7.04. The first-order valence-electron chi connectivity index (χ1n) is 5.96. The molecule has 1 aromatic heterocycles. The second kappa shape index (κ2) is 4.61. The van der Waals surface area contributed by atoms with E-state index in [-0.39, 0.29) is 11.7 Å². The van der Waals surface area contributed by atoms with Crippen molar-refractivity contribution >= 4 is 5.70 Å². The summed E-state index contributed by atoms with van der Waals surface area (Å²) >= 11 is 0. The molecule has 1 aliphatic heterocycles. The Morgan fingerprint density at radius 3 is 3.00 bits per heavy atom. The van der Waals surface area contributed by atoms with Crippen molar-refractivity contribution in [2.24, 2.45) is 0 Å². The number of allylic oxidation sites excluding steroid dienone is 3. The van der Waals surface area contributed by atoms with Crippen LogP contribution in [-0.2, 0) is 4.74 Å². The average molecular weight is 276 g/mol. The molecule has 0 radical (unpaired) electrons. The monoisotopic (exact) mass is 276 g/mol. The highest BCUT2D eigenvalue weighted by atomic mass is 19.2. The van der Waals surface area contributed by atoms with Crippen LogP contribution >= 0.6 is 0 Å². The molecule has 3 rings (SSSR count). The minimum absolute atomic E-state index is 0.174. The molecule has 1 N–H and O–H groups in total. The summed E-state index contributed by atoms with van der Waals surface area (Å²) in [5.74, 6) is -2.12. The van der Waals surface area contributed by atoms with Crippen molar-refractivity contribution in [1.29, 1.82) is 0 Å². The fourth-order valence-electron chi connectivity index (χ4n) is 2.18. The van der Waals surface area contributed by atoms with Gasteiger partial charge in [0.1, 0.15) is 12.0 Å². The van der Waals surface area contributed by atoms with Crippen LogP contribution < -0.4 is 10.1 Å². The van der Waals surface area contributed by atoms with Crippen molar-refractivity contribution in [3.63, 3.8) is 0 Å². The van der Waals surface area contributed by atoms with E-state index in [0.29, 0.717) is 5.70 Å². The van der Waals surface area contributed by atoms with E-state index in [2.05, 4.69) is 15.4 Å². The Morgan fingerprint density at radius 2 is 2.25 bits per heavy atom. The summed E-state index contributed by atoms with van der Waals surface area (Å²) in [6.07, 6.45) is 9.68. The van der Waals surface area contributed by atoms with Crippen molar-refractivity contribution in [2.75, 3.05) is 14.2 Å². The molecular weight excluding hydrogens is 263 g/mol. The van der Waals surface area contributed by atoms with Crippen LogP contribution in [0.4, 0.5) is 4.39 Å². The smallest absolute Gasteiger partial charge is 0.319 e. The topological polar surface area (TPSA) is 61.2 Å². The Kier molecular flexibility index (Phi) is 2.90. The molecule has 2 aliphatic rings. The van der Waals surface area contributed by atoms with Gasteiger partial charge in [-0.2, -0.15) is 14.8 Å². The predicted molar refractivity (Wildman–Crippen MR) is 70.1 cm³/mol. The normalized spacial score (nSPS) is 24.2. The van der Waals surface area contributed by atoms with Crippen molar-refractivity contribution in [3.8, 4) is 6.01 Å². The van der Waals surface area contributed by atoms with Gasteiger partial charge in [-0.25, -0.2) is 4.39 Å². The number of nitrogens with one attached hydrogen (secondary N) is 1. The van der Waals surface area contributed by atoms with Gasteiger partial charge in [0.2, 0.25) is 0 Å². The number of halogens is 1. The second-order valence-electron chi connectivity index (χ2n) is 4.19. The molecule has 0 spiro atoms. The van der Waals surface area contributed by atoms with E-state index in [0.717, 1.165) is 5.57 Å². The zero-order valence-corrected chi connectivity index (χ0v) is 11.0. The highest BCUT2D eigenvalue weighted by Gasteiger charge is 2.41. The van der Waals surface area contributed by atoms with E-state index in [1.54, 1.807) is 12.3 Å². The Morgan fingerprint density at radius 1 is 1.40 bits per heavy atom.